The fraction of sp³-hybridized carbons (Fsp3) is 0.385. The number of fused-ring (bicyclic) bond motifs is 1. The van der Waals surface area contributed by atoms with Crippen molar-refractivity contribution in [3.8, 4) is 11.5 Å². The highest BCUT2D eigenvalue weighted by atomic mass is 16.5. The van der Waals surface area contributed by atoms with Crippen LogP contribution in [0, 0.1) is 0 Å². The van der Waals surface area contributed by atoms with E-state index in [-0.39, 0.29) is 18.2 Å². The molecule has 0 bridgehead atoms. The minimum Gasteiger partial charge on any atom is -0.493 e. The van der Waals surface area contributed by atoms with E-state index in [1.54, 1.807) is 25.1 Å². The Morgan fingerprint density at radius 3 is 3.06 bits per heavy atom. The lowest BCUT2D eigenvalue weighted by atomic mass is 10.1. The first kappa shape index (κ1) is 11.6. The number of hydrogen-bond acceptors (Lipinski definition) is 4. The van der Waals surface area contributed by atoms with Gasteiger partial charge in [-0.05, 0) is 25.5 Å². The quantitative estimate of drug-likeness (QED) is 0.731. The topological polar surface area (TPSA) is 52.6 Å². The molecule has 1 aliphatic heterocycles. The molecule has 90 valence electrons. The van der Waals surface area contributed by atoms with Crippen LogP contribution in [0.3, 0.4) is 0 Å². The fourth-order valence-electron chi connectivity index (χ4n) is 1.67. The SMILES string of the molecule is CC(=O)CCCOc1ccc2c(c1)OCC2=O. The Kier molecular flexibility index (Phi) is 3.42. The van der Waals surface area contributed by atoms with Crippen molar-refractivity contribution in [3.05, 3.63) is 23.8 Å². The standard InChI is InChI=1S/C13H14O4/c1-9(14)3-2-6-16-10-4-5-11-12(15)8-17-13(11)7-10/h4-5,7H,2-3,6,8H2,1H3. The highest BCUT2D eigenvalue weighted by Gasteiger charge is 2.21. The van der Waals surface area contributed by atoms with Gasteiger partial charge in [-0.1, -0.05) is 0 Å². The Balaban J connectivity index is 1.90. The van der Waals surface area contributed by atoms with Gasteiger partial charge in [-0.2, -0.15) is 0 Å². The maximum atomic E-state index is 11.3. The van der Waals surface area contributed by atoms with Crippen LogP contribution in [0.25, 0.3) is 0 Å². The number of rotatable bonds is 5. The molecule has 0 saturated heterocycles. The van der Waals surface area contributed by atoms with Crippen molar-refractivity contribution in [2.24, 2.45) is 0 Å². The third-order valence-electron chi connectivity index (χ3n) is 2.55. The number of benzene rings is 1. The molecule has 4 heteroatoms. The van der Waals surface area contributed by atoms with Gasteiger partial charge in [0.1, 0.15) is 17.3 Å². The zero-order chi connectivity index (χ0) is 12.3. The van der Waals surface area contributed by atoms with E-state index in [2.05, 4.69) is 0 Å². The zero-order valence-electron chi connectivity index (χ0n) is 9.69. The summed E-state index contributed by atoms with van der Waals surface area (Å²) in [5.74, 6) is 1.42. The third-order valence-corrected chi connectivity index (χ3v) is 2.55. The molecule has 0 fully saturated rings. The molecule has 1 aromatic rings. The maximum absolute atomic E-state index is 11.3. The molecule has 0 aliphatic carbocycles. The van der Waals surface area contributed by atoms with Crippen LogP contribution < -0.4 is 9.47 Å². The number of hydrogen-bond donors (Lipinski definition) is 0. The van der Waals surface area contributed by atoms with E-state index < -0.39 is 0 Å². The molecule has 2 rings (SSSR count). The Bertz CT molecular complexity index is 451. The molecule has 17 heavy (non-hydrogen) atoms. The van der Waals surface area contributed by atoms with E-state index in [1.165, 1.54) is 0 Å². The van der Waals surface area contributed by atoms with Crippen molar-refractivity contribution >= 4 is 11.6 Å². The number of carbonyl (C=O) groups is 2. The lowest BCUT2D eigenvalue weighted by Gasteiger charge is -2.06. The summed E-state index contributed by atoms with van der Waals surface area (Å²) in [5.41, 5.74) is 0.612. The summed E-state index contributed by atoms with van der Waals surface area (Å²) in [6.07, 6.45) is 1.23. The van der Waals surface area contributed by atoms with E-state index in [0.717, 1.165) is 0 Å². The van der Waals surface area contributed by atoms with Crippen LogP contribution in [0.5, 0.6) is 11.5 Å². The second kappa shape index (κ2) is 4.99. The van der Waals surface area contributed by atoms with Crippen LogP contribution in [-0.2, 0) is 4.79 Å². The molecule has 1 heterocycles. The summed E-state index contributed by atoms with van der Waals surface area (Å²) in [5, 5.41) is 0. The van der Waals surface area contributed by atoms with Gasteiger partial charge >= 0.3 is 0 Å². The predicted molar refractivity (Wildman–Crippen MR) is 61.7 cm³/mol. The Labute approximate surface area is 99.5 Å². The van der Waals surface area contributed by atoms with E-state index in [4.69, 9.17) is 9.47 Å². The molecule has 0 spiro atoms. The molecular formula is C13H14O4. The van der Waals surface area contributed by atoms with Crippen molar-refractivity contribution in [2.45, 2.75) is 19.8 Å². The van der Waals surface area contributed by atoms with Crippen LogP contribution in [0.1, 0.15) is 30.1 Å². The summed E-state index contributed by atoms with van der Waals surface area (Å²) in [4.78, 5) is 22.0. The van der Waals surface area contributed by atoms with Gasteiger partial charge in [-0.3, -0.25) is 4.79 Å². The first-order chi connectivity index (χ1) is 8.16. The van der Waals surface area contributed by atoms with Crippen molar-refractivity contribution in [2.75, 3.05) is 13.2 Å². The smallest absolute Gasteiger partial charge is 0.203 e. The van der Waals surface area contributed by atoms with Crippen molar-refractivity contribution in [1.82, 2.24) is 0 Å². The van der Waals surface area contributed by atoms with Gasteiger partial charge in [0.2, 0.25) is 5.78 Å². The van der Waals surface area contributed by atoms with Crippen molar-refractivity contribution in [1.29, 1.82) is 0 Å². The van der Waals surface area contributed by atoms with Crippen LogP contribution in [0.15, 0.2) is 18.2 Å². The van der Waals surface area contributed by atoms with Gasteiger partial charge in [0.25, 0.3) is 0 Å². The Morgan fingerprint density at radius 1 is 1.47 bits per heavy atom. The molecule has 0 atom stereocenters. The Morgan fingerprint density at radius 2 is 2.29 bits per heavy atom. The molecule has 4 nitrogen and oxygen atoms in total. The molecule has 0 N–H and O–H groups in total. The fourth-order valence-corrected chi connectivity index (χ4v) is 1.67. The lowest BCUT2D eigenvalue weighted by molar-refractivity contribution is -0.117. The average molecular weight is 234 g/mol. The molecule has 0 saturated carbocycles. The summed E-state index contributed by atoms with van der Waals surface area (Å²) >= 11 is 0. The van der Waals surface area contributed by atoms with Gasteiger partial charge in [0.15, 0.2) is 6.61 Å². The zero-order valence-corrected chi connectivity index (χ0v) is 9.69. The minimum atomic E-state index is 0.00290. The third kappa shape index (κ3) is 2.84. The van der Waals surface area contributed by atoms with Crippen LogP contribution in [0.4, 0.5) is 0 Å². The lowest BCUT2D eigenvalue weighted by Crippen LogP contribution is -2.00. The van der Waals surface area contributed by atoms with E-state index in [9.17, 15) is 9.59 Å². The van der Waals surface area contributed by atoms with Crippen LogP contribution in [-0.4, -0.2) is 24.8 Å². The molecule has 1 aromatic carbocycles. The number of ketones is 2. The summed E-state index contributed by atoms with van der Waals surface area (Å²) in [6.45, 7) is 2.17. The largest absolute Gasteiger partial charge is 0.493 e. The first-order valence-corrected chi connectivity index (χ1v) is 5.59. The van der Waals surface area contributed by atoms with E-state index in [0.29, 0.717) is 36.5 Å². The molecule has 0 radical (unpaired) electrons. The van der Waals surface area contributed by atoms with E-state index in [1.807, 2.05) is 0 Å². The number of Topliss-reactive ketones (excluding diaryl/α,β-unsaturated/α-hetero) is 2. The molecule has 0 aromatic heterocycles. The van der Waals surface area contributed by atoms with Gasteiger partial charge in [0.05, 0.1) is 12.2 Å². The number of ether oxygens (including phenoxy) is 2. The summed E-state index contributed by atoms with van der Waals surface area (Å²) in [6, 6.07) is 5.18. The highest BCUT2D eigenvalue weighted by molar-refractivity contribution is 6.02. The predicted octanol–water partition coefficient (Wildman–Crippen LogP) is 2.01. The van der Waals surface area contributed by atoms with Crippen molar-refractivity contribution < 1.29 is 19.1 Å². The van der Waals surface area contributed by atoms with Gasteiger partial charge in [-0.15, -0.1) is 0 Å². The second-order valence-corrected chi connectivity index (χ2v) is 4.02. The van der Waals surface area contributed by atoms with Gasteiger partial charge < -0.3 is 14.3 Å². The maximum Gasteiger partial charge on any atom is 0.203 e. The average Bonchev–Trinajstić information content (AvgIpc) is 2.66. The molecular weight excluding hydrogens is 220 g/mol. The summed E-state index contributed by atoms with van der Waals surface area (Å²) < 4.78 is 10.7. The van der Waals surface area contributed by atoms with Gasteiger partial charge in [-0.25, -0.2) is 0 Å². The highest BCUT2D eigenvalue weighted by Crippen LogP contribution is 2.29. The van der Waals surface area contributed by atoms with Gasteiger partial charge in [0, 0.05) is 12.5 Å². The molecule has 0 amide bonds. The normalized spacial score (nSPS) is 13.1. The van der Waals surface area contributed by atoms with Crippen LogP contribution in [0.2, 0.25) is 0 Å². The van der Waals surface area contributed by atoms with Crippen LogP contribution >= 0.6 is 0 Å². The number of carbonyl (C=O) groups excluding carboxylic acids is 2. The molecule has 0 unspecified atom stereocenters. The second-order valence-electron chi connectivity index (χ2n) is 4.02. The Hall–Kier alpha value is -1.84. The van der Waals surface area contributed by atoms with E-state index >= 15 is 0 Å². The van der Waals surface area contributed by atoms with Crippen molar-refractivity contribution in [3.63, 3.8) is 0 Å². The first-order valence-electron chi connectivity index (χ1n) is 5.59. The molecule has 1 aliphatic rings. The monoisotopic (exact) mass is 234 g/mol. The minimum absolute atomic E-state index is 0.00290. The summed E-state index contributed by atoms with van der Waals surface area (Å²) in [7, 11) is 0.